The fourth-order valence-corrected chi connectivity index (χ4v) is 7.75. The molecule has 2 fully saturated rings. The van der Waals surface area contributed by atoms with E-state index in [1.54, 1.807) is 6.07 Å². The molecule has 5 heterocycles. The number of thiophene rings is 1. The number of fused-ring (bicyclic) bond motifs is 3. The third kappa shape index (κ3) is 5.17. The van der Waals surface area contributed by atoms with Crippen LogP contribution in [0, 0.1) is 23.0 Å². The van der Waals surface area contributed by atoms with Crippen LogP contribution in [0.3, 0.4) is 0 Å². The lowest BCUT2D eigenvalue weighted by molar-refractivity contribution is -0.137. The lowest BCUT2D eigenvalue weighted by atomic mass is 9.92. The number of oxazole rings is 1. The van der Waals surface area contributed by atoms with Crippen LogP contribution in [0.5, 0.6) is 6.01 Å². The van der Waals surface area contributed by atoms with Crippen molar-refractivity contribution < 1.29 is 35.5 Å². The van der Waals surface area contributed by atoms with E-state index in [2.05, 4.69) is 15.0 Å². The highest BCUT2D eigenvalue weighted by Gasteiger charge is 2.49. The van der Waals surface area contributed by atoms with Crippen LogP contribution in [0.1, 0.15) is 36.3 Å². The van der Waals surface area contributed by atoms with Gasteiger partial charge in [0.15, 0.2) is 5.82 Å². The summed E-state index contributed by atoms with van der Waals surface area (Å²) < 4.78 is 102. The van der Waals surface area contributed by atoms with Gasteiger partial charge >= 0.3 is 12.2 Å². The summed E-state index contributed by atoms with van der Waals surface area (Å²) in [5.74, 6) is -2.12. The zero-order chi connectivity index (χ0) is 33.2. The predicted molar refractivity (Wildman–Crippen MR) is 162 cm³/mol. The van der Waals surface area contributed by atoms with Crippen molar-refractivity contribution in [1.82, 2.24) is 19.9 Å². The number of anilines is 2. The Morgan fingerprint density at radius 1 is 1.28 bits per heavy atom. The molecule has 0 saturated carbocycles. The number of nitrogens with two attached hydrogens (primary N) is 1. The van der Waals surface area contributed by atoms with E-state index >= 15 is 4.39 Å². The average molecular weight is 674 g/mol. The standard InChI is InChI=1S/C31H25F6N7O2S/c1-43(13-21-40-6-8-45-21)28-17-9-19(31(35,36)37)23(16-3-4-20(33)26-22(16)18(11-38)27(39)47-26)24(34)25(17)41-29(42-28)46-14-30-5-2-7-44(30)12-15(32)10-30/h3-4,6,8-9,15H,2,5,7,10,12-14,39H2,1H3. The number of alkyl halides is 4. The molecule has 2 unspecified atom stereocenters. The second-order valence-corrected chi connectivity index (χ2v) is 12.8. The van der Waals surface area contributed by atoms with Crippen LogP contribution in [-0.2, 0) is 12.7 Å². The van der Waals surface area contributed by atoms with Gasteiger partial charge in [-0.05, 0) is 37.1 Å². The van der Waals surface area contributed by atoms with Crippen LogP contribution in [-0.4, -0.2) is 58.3 Å². The summed E-state index contributed by atoms with van der Waals surface area (Å²) in [6.07, 6.45) is -1.70. The molecule has 3 aromatic heterocycles. The first kappa shape index (κ1) is 31.0. The minimum atomic E-state index is -5.11. The van der Waals surface area contributed by atoms with E-state index in [0.29, 0.717) is 24.3 Å². The van der Waals surface area contributed by atoms with Gasteiger partial charge in [0.05, 0.1) is 34.1 Å². The number of nitrogens with zero attached hydrogens (tertiary/aromatic N) is 6. The first-order valence-corrected chi connectivity index (χ1v) is 15.4. The van der Waals surface area contributed by atoms with Crippen LogP contribution in [0.25, 0.3) is 32.1 Å². The maximum atomic E-state index is 16.9. The molecular formula is C31H25F6N7O2S. The van der Waals surface area contributed by atoms with E-state index in [1.807, 2.05) is 4.90 Å². The summed E-state index contributed by atoms with van der Waals surface area (Å²) in [4.78, 5) is 16.1. The molecule has 7 rings (SSSR count). The summed E-state index contributed by atoms with van der Waals surface area (Å²) in [6.45, 7) is 0.876. The fraction of sp³-hybridized carbons (Fsp3) is 0.355. The summed E-state index contributed by atoms with van der Waals surface area (Å²) >= 11 is 0.677. The molecule has 47 heavy (non-hydrogen) atoms. The zero-order valence-corrected chi connectivity index (χ0v) is 25.5. The third-order valence-corrected chi connectivity index (χ3v) is 9.87. The van der Waals surface area contributed by atoms with E-state index in [0.717, 1.165) is 24.6 Å². The highest BCUT2D eigenvalue weighted by molar-refractivity contribution is 7.23. The number of nitriles is 1. The molecule has 244 valence electrons. The van der Waals surface area contributed by atoms with Crippen LogP contribution in [0.4, 0.5) is 37.2 Å². The van der Waals surface area contributed by atoms with Crippen molar-refractivity contribution in [2.24, 2.45) is 0 Å². The molecule has 0 amide bonds. The van der Waals surface area contributed by atoms with Crippen molar-refractivity contribution in [2.75, 3.05) is 37.4 Å². The SMILES string of the molecule is CN(Cc1ncco1)c1nc(OCC23CCCN2CC(F)C3)nc2c(F)c(-c3ccc(F)c4sc(N)c(C#N)c34)c(C(F)(F)F)cc12. The van der Waals surface area contributed by atoms with Gasteiger partial charge in [0, 0.05) is 36.3 Å². The first-order chi connectivity index (χ1) is 22.4. The van der Waals surface area contributed by atoms with E-state index in [4.69, 9.17) is 14.9 Å². The number of rotatable bonds is 7. The van der Waals surface area contributed by atoms with Gasteiger partial charge in [-0.15, -0.1) is 11.3 Å². The Morgan fingerprint density at radius 3 is 2.81 bits per heavy atom. The van der Waals surface area contributed by atoms with Crippen LogP contribution < -0.4 is 15.4 Å². The predicted octanol–water partition coefficient (Wildman–Crippen LogP) is 6.84. The van der Waals surface area contributed by atoms with E-state index < -0.39 is 46.2 Å². The van der Waals surface area contributed by atoms with E-state index in [9.17, 15) is 27.2 Å². The summed E-state index contributed by atoms with van der Waals surface area (Å²) in [6, 6.07) is 4.08. The lowest BCUT2D eigenvalue weighted by Crippen LogP contribution is -2.43. The average Bonchev–Trinajstić information content (AvgIpc) is 3.80. The van der Waals surface area contributed by atoms with Crippen molar-refractivity contribution in [1.29, 1.82) is 5.26 Å². The maximum absolute atomic E-state index is 16.9. The largest absolute Gasteiger partial charge is 0.461 e. The molecule has 2 aromatic carbocycles. The molecule has 0 radical (unpaired) electrons. The topological polar surface area (TPSA) is 117 Å². The van der Waals surface area contributed by atoms with Crippen LogP contribution >= 0.6 is 11.3 Å². The molecule has 0 spiro atoms. The summed E-state index contributed by atoms with van der Waals surface area (Å²) in [7, 11) is 1.51. The van der Waals surface area contributed by atoms with E-state index in [-0.39, 0.29) is 75.4 Å². The van der Waals surface area contributed by atoms with Gasteiger partial charge in [-0.3, -0.25) is 4.90 Å². The molecule has 2 aliphatic heterocycles. The summed E-state index contributed by atoms with van der Waals surface area (Å²) in [5, 5.41) is 9.10. The Labute approximate surface area is 267 Å². The quantitative estimate of drug-likeness (QED) is 0.185. The highest BCUT2D eigenvalue weighted by atomic mass is 32.1. The number of ether oxygens (including phenoxy) is 1. The summed E-state index contributed by atoms with van der Waals surface area (Å²) in [5.41, 5.74) is 1.81. The maximum Gasteiger partial charge on any atom is 0.417 e. The third-order valence-electron chi connectivity index (χ3n) is 8.84. The molecule has 2 N–H and O–H groups in total. The smallest absolute Gasteiger partial charge is 0.417 e. The number of halogens is 6. The minimum Gasteiger partial charge on any atom is -0.461 e. The Morgan fingerprint density at radius 2 is 2.09 bits per heavy atom. The number of aromatic nitrogens is 3. The molecule has 16 heteroatoms. The van der Waals surface area contributed by atoms with Gasteiger partial charge in [-0.1, -0.05) is 6.07 Å². The number of hydrogen-bond acceptors (Lipinski definition) is 10. The molecule has 9 nitrogen and oxygen atoms in total. The van der Waals surface area contributed by atoms with Gasteiger partial charge in [-0.2, -0.15) is 28.4 Å². The first-order valence-electron chi connectivity index (χ1n) is 14.5. The van der Waals surface area contributed by atoms with E-state index in [1.165, 1.54) is 24.4 Å². The molecule has 5 aromatic rings. The Balaban J connectivity index is 1.45. The molecule has 0 aliphatic carbocycles. The second kappa shape index (κ2) is 11.3. The van der Waals surface area contributed by atoms with Crippen molar-refractivity contribution in [3.05, 3.63) is 59.3 Å². The number of nitrogen functional groups attached to an aromatic ring is 1. The molecule has 2 atom stereocenters. The molecular weight excluding hydrogens is 648 g/mol. The van der Waals surface area contributed by atoms with Crippen molar-refractivity contribution in [2.45, 2.75) is 43.7 Å². The lowest BCUT2D eigenvalue weighted by Gasteiger charge is -2.31. The van der Waals surface area contributed by atoms with Crippen molar-refractivity contribution in [3.8, 4) is 23.2 Å². The van der Waals surface area contributed by atoms with Gasteiger partial charge in [-0.25, -0.2) is 18.2 Å². The fourth-order valence-electron chi connectivity index (χ4n) is 6.80. The normalized spacial score (nSPS) is 19.8. The van der Waals surface area contributed by atoms with Crippen molar-refractivity contribution >= 4 is 43.1 Å². The molecule has 2 aliphatic rings. The van der Waals surface area contributed by atoms with Gasteiger partial charge < -0.3 is 19.8 Å². The Hall–Kier alpha value is -4.62. The second-order valence-electron chi connectivity index (χ2n) is 11.7. The van der Waals surface area contributed by atoms with Crippen molar-refractivity contribution in [3.63, 3.8) is 0 Å². The number of hydrogen-bond donors (Lipinski definition) is 1. The Bertz CT molecular complexity index is 2060. The van der Waals surface area contributed by atoms with Crippen LogP contribution in [0.2, 0.25) is 0 Å². The van der Waals surface area contributed by atoms with Gasteiger partial charge in [0.2, 0.25) is 5.89 Å². The highest BCUT2D eigenvalue weighted by Crippen LogP contribution is 2.48. The number of benzene rings is 2. The van der Waals surface area contributed by atoms with Gasteiger partial charge in [0.1, 0.15) is 47.3 Å². The monoisotopic (exact) mass is 673 g/mol. The van der Waals surface area contributed by atoms with Gasteiger partial charge in [0.25, 0.3) is 0 Å². The Kier molecular flexibility index (Phi) is 7.43. The zero-order valence-electron chi connectivity index (χ0n) is 24.7. The molecule has 2 saturated heterocycles. The van der Waals surface area contributed by atoms with Crippen LogP contribution in [0.15, 0.2) is 35.1 Å². The minimum absolute atomic E-state index is 0.0186. The molecule has 0 bridgehead atoms.